The number of hydrogen-bond acceptors (Lipinski definition) is 4. The quantitative estimate of drug-likeness (QED) is 0.422. The third-order valence-electron chi connectivity index (χ3n) is 4.68. The summed E-state index contributed by atoms with van der Waals surface area (Å²) in [4.78, 5) is 16.7. The highest BCUT2D eigenvalue weighted by Gasteiger charge is 2.16. The summed E-state index contributed by atoms with van der Waals surface area (Å²) in [5.74, 6) is 0.437. The number of fused-ring (bicyclic) bond motifs is 1. The SMILES string of the molecule is CCCCCC(=O)Nc1cc(C)c(O)c(-c2nc3cc(CC)ccc3o2)c1. The van der Waals surface area contributed by atoms with Crippen LogP contribution in [0.15, 0.2) is 34.7 Å². The second kappa shape index (κ2) is 8.25. The molecule has 1 amide bonds. The fourth-order valence-electron chi connectivity index (χ4n) is 3.08. The Labute approximate surface area is 159 Å². The molecule has 142 valence electrons. The molecule has 0 unspecified atom stereocenters. The average molecular weight is 366 g/mol. The van der Waals surface area contributed by atoms with Gasteiger partial charge in [-0.2, -0.15) is 0 Å². The number of unbranched alkanes of at least 4 members (excludes halogenated alkanes) is 2. The van der Waals surface area contributed by atoms with Crippen LogP contribution in [0.4, 0.5) is 5.69 Å². The van der Waals surface area contributed by atoms with E-state index in [-0.39, 0.29) is 11.7 Å². The van der Waals surface area contributed by atoms with Crippen molar-refractivity contribution in [1.29, 1.82) is 0 Å². The van der Waals surface area contributed by atoms with E-state index in [0.717, 1.165) is 31.2 Å². The van der Waals surface area contributed by atoms with Crippen molar-refractivity contribution in [2.45, 2.75) is 52.9 Å². The summed E-state index contributed by atoms with van der Waals surface area (Å²) in [6.45, 7) is 5.99. The van der Waals surface area contributed by atoms with Gasteiger partial charge in [-0.05, 0) is 55.2 Å². The van der Waals surface area contributed by atoms with Gasteiger partial charge in [0.2, 0.25) is 11.8 Å². The van der Waals surface area contributed by atoms with Crippen LogP contribution in [0.25, 0.3) is 22.6 Å². The zero-order valence-electron chi connectivity index (χ0n) is 16.1. The lowest BCUT2D eigenvalue weighted by atomic mass is 10.1. The van der Waals surface area contributed by atoms with Crippen molar-refractivity contribution >= 4 is 22.7 Å². The molecule has 27 heavy (non-hydrogen) atoms. The van der Waals surface area contributed by atoms with Gasteiger partial charge in [0.1, 0.15) is 11.3 Å². The minimum absolute atomic E-state index is 0.0235. The van der Waals surface area contributed by atoms with Gasteiger partial charge in [-0.15, -0.1) is 0 Å². The third-order valence-corrected chi connectivity index (χ3v) is 4.68. The molecule has 5 nitrogen and oxygen atoms in total. The highest BCUT2D eigenvalue weighted by atomic mass is 16.3. The Morgan fingerprint density at radius 1 is 1.19 bits per heavy atom. The van der Waals surface area contributed by atoms with E-state index in [1.165, 1.54) is 5.56 Å². The van der Waals surface area contributed by atoms with Crippen molar-refractivity contribution in [2.75, 3.05) is 5.32 Å². The number of nitrogens with one attached hydrogen (secondary N) is 1. The van der Waals surface area contributed by atoms with Crippen LogP contribution in [0, 0.1) is 6.92 Å². The Kier molecular flexibility index (Phi) is 5.79. The van der Waals surface area contributed by atoms with Crippen molar-refractivity contribution in [3.05, 3.63) is 41.5 Å². The first kappa shape index (κ1) is 19.0. The lowest BCUT2D eigenvalue weighted by molar-refractivity contribution is -0.116. The maximum atomic E-state index is 12.1. The highest BCUT2D eigenvalue weighted by Crippen LogP contribution is 2.36. The molecule has 0 saturated heterocycles. The lowest BCUT2D eigenvalue weighted by Crippen LogP contribution is -2.11. The van der Waals surface area contributed by atoms with Gasteiger partial charge in [0, 0.05) is 12.1 Å². The van der Waals surface area contributed by atoms with Crippen molar-refractivity contribution in [1.82, 2.24) is 4.98 Å². The lowest BCUT2D eigenvalue weighted by Gasteiger charge is -2.10. The summed E-state index contributed by atoms with van der Waals surface area (Å²) in [7, 11) is 0. The molecule has 0 saturated carbocycles. The van der Waals surface area contributed by atoms with Crippen LogP contribution in [0.3, 0.4) is 0 Å². The number of hydrogen-bond donors (Lipinski definition) is 2. The van der Waals surface area contributed by atoms with Gasteiger partial charge in [-0.25, -0.2) is 4.98 Å². The van der Waals surface area contributed by atoms with Gasteiger partial charge >= 0.3 is 0 Å². The maximum absolute atomic E-state index is 12.1. The number of anilines is 1. The Hall–Kier alpha value is -2.82. The first-order valence-corrected chi connectivity index (χ1v) is 9.55. The molecular formula is C22H26N2O3. The fourth-order valence-corrected chi connectivity index (χ4v) is 3.08. The van der Waals surface area contributed by atoms with Crippen LogP contribution in [0.2, 0.25) is 0 Å². The van der Waals surface area contributed by atoms with E-state index in [4.69, 9.17) is 4.42 Å². The van der Waals surface area contributed by atoms with Crippen molar-refractivity contribution in [2.24, 2.45) is 0 Å². The first-order valence-electron chi connectivity index (χ1n) is 9.55. The van der Waals surface area contributed by atoms with E-state index in [1.54, 1.807) is 19.1 Å². The number of carbonyl (C=O) groups is 1. The third kappa shape index (κ3) is 4.30. The minimum Gasteiger partial charge on any atom is -0.507 e. The number of carbonyl (C=O) groups excluding carboxylic acids is 1. The highest BCUT2D eigenvalue weighted by molar-refractivity contribution is 5.92. The van der Waals surface area contributed by atoms with Crippen LogP contribution in [0.5, 0.6) is 5.75 Å². The number of benzene rings is 2. The zero-order valence-corrected chi connectivity index (χ0v) is 16.1. The van der Waals surface area contributed by atoms with Crippen molar-refractivity contribution < 1.29 is 14.3 Å². The summed E-state index contributed by atoms with van der Waals surface area (Å²) >= 11 is 0. The van der Waals surface area contributed by atoms with Crippen LogP contribution >= 0.6 is 0 Å². The van der Waals surface area contributed by atoms with E-state index in [0.29, 0.717) is 34.7 Å². The Morgan fingerprint density at radius 2 is 2.00 bits per heavy atom. The number of aromatic nitrogens is 1. The monoisotopic (exact) mass is 366 g/mol. The van der Waals surface area contributed by atoms with E-state index in [2.05, 4.69) is 24.1 Å². The van der Waals surface area contributed by atoms with Gasteiger partial charge < -0.3 is 14.8 Å². The number of rotatable bonds is 7. The summed E-state index contributed by atoms with van der Waals surface area (Å²) in [6.07, 6.45) is 4.40. The second-order valence-electron chi connectivity index (χ2n) is 6.87. The first-order chi connectivity index (χ1) is 13.0. The van der Waals surface area contributed by atoms with E-state index < -0.39 is 0 Å². The molecular weight excluding hydrogens is 340 g/mol. The topological polar surface area (TPSA) is 75.4 Å². The molecule has 0 aliphatic heterocycles. The van der Waals surface area contributed by atoms with Gasteiger partial charge in [0.25, 0.3) is 0 Å². The van der Waals surface area contributed by atoms with E-state index >= 15 is 0 Å². The summed E-state index contributed by atoms with van der Waals surface area (Å²) < 4.78 is 5.85. The fraction of sp³-hybridized carbons (Fsp3) is 0.364. The number of phenols is 1. The van der Waals surface area contributed by atoms with Crippen LogP contribution in [-0.2, 0) is 11.2 Å². The maximum Gasteiger partial charge on any atom is 0.231 e. The molecule has 5 heteroatoms. The molecule has 0 spiro atoms. The number of nitrogens with zero attached hydrogens (tertiary/aromatic N) is 1. The summed E-state index contributed by atoms with van der Waals surface area (Å²) in [6, 6.07) is 9.37. The van der Waals surface area contributed by atoms with Gasteiger partial charge in [0.05, 0.1) is 5.56 Å². The molecule has 2 aromatic carbocycles. The Morgan fingerprint density at radius 3 is 2.74 bits per heavy atom. The van der Waals surface area contributed by atoms with E-state index in [1.807, 2.05) is 18.2 Å². The molecule has 0 fully saturated rings. The molecule has 3 aromatic rings. The van der Waals surface area contributed by atoms with Gasteiger partial charge in [-0.1, -0.05) is 32.8 Å². The number of aryl methyl sites for hydroxylation is 2. The predicted octanol–water partition coefficient (Wildman–Crippen LogP) is 5.59. The van der Waals surface area contributed by atoms with Crippen LogP contribution in [0.1, 0.15) is 50.7 Å². The zero-order chi connectivity index (χ0) is 19.4. The average Bonchev–Trinajstić information content (AvgIpc) is 3.07. The standard InChI is InChI=1S/C22H26N2O3/c1-4-6-7-8-20(25)23-16-11-14(3)21(26)17(13-16)22-24-18-12-15(5-2)9-10-19(18)27-22/h9-13,26H,4-8H2,1-3H3,(H,23,25). The predicted molar refractivity (Wildman–Crippen MR) is 108 cm³/mol. The van der Waals surface area contributed by atoms with Crippen LogP contribution < -0.4 is 5.32 Å². The molecule has 1 aromatic heterocycles. The normalized spacial score (nSPS) is 11.1. The van der Waals surface area contributed by atoms with Gasteiger partial charge in [-0.3, -0.25) is 4.79 Å². The number of oxazole rings is 1. The summed E-state index contributed by atoms with van der Waals surface area (Å²) in [5, 5.41) is 13.4. The molecule has 0 aliphatic rings. The number of aromatic hydroxyl groups is 1. The second-order valence-corrected chi connectivity index (χ2v) is 6.87. The molecule has 3 rings (SSSR count). The largest absolute Gasteiger partial charge is 0.507 e. The van der Waals surface area contributed by atoms with Crippen LogP contribution in [-0.4, -0.2) is 16.0 Å². The number of phenolic OH excluding ortho intramolecular Hbond substituents is 1. The van der Waals surface area contributed by atoms with Gasteiger partial charge in [0.15, 0.2) is 5.58 Å². The van der Waals surface area contributed by atoms with Crippen molar-refractivity contribution in [3.8, 4) is 17.2 Å². The number of amides is 1. The Bertz CT molecular complexity index is 960. The molecule has 2 N–H and O–H groups in total. The summed E-state index contributed by atoms with van der Waals surface area (Å²) in [5.41, 5.74) is 4.39. The Balaban J connectivity index is 1.91. The molecule has 0 aliphatic carbocycles. The molecule has 0 radical (unpaired) electrons. The molecule has 0 atom stereocenters. The molecule has 0 bridgehead atoms. The molecule has 1 heterocycles. The smallest absolute Gasteiger partial charge is 0.231 e. The van der Waals surface area contributed by atoms with Crippen molar-refractivity contribution in [3.63, 3.8) is 0 Å². The van der Waals surface area contributed by atoms with E-state index in [9.17, 15) is 9.90 Å². The minimum atomic E-state index is -0.0235.